The number of nitrogens with one attached hydrogen (secondary N) is 1. The molecule has 11 heteroatoms. The number of benzene rings is 1. The highest BCUT2D eigenvalue weighted by atomic mass is 32.2. The van der Waals surface area contributed by atoms with Crippen molar-refractivity contribution >= 4 is 21.9 Å². The first-order valence-electron chi connectivity index (χ1n) is 12.3. The maximum Gasteiger partial charge on any atom is 0.338 e. The molecular formula is C25H34N4O6S. The summed E-state index contributed by atoms with van der Waals surface area (Å²) in [5.41, 5.74) is 1.94. The number of nitrogens with zero attached hydrogens (tertiary/aromatic N) is 3. The van der Waals surface area contributed by atoms with E-state index in [1.807, 2.05) is 13.8 Å². The van der Waals surface area contributed by atoms with Gasteiger partial charge in [-0.15, -0.1) is 0 Å². The third-order valence-corrected chi connectivity index (χ3v) is 8.82. The summed E-state index contributed by atoms with van der Waals surface area (Å²) in [4.78, 5) is 25.9. The van der Waals surface area contributed by atoms with E-state index in [9.17, 15) is 18.0 Å². The van der Waals surface area contributed by atoms with Crippen molar-refractivity contribution in [2.45, 2.75) is 50.8 Å². The van der Waals surface area contributed by atoms with Crippen LogP contribution in [0.5, 0.6) is 0 Å². The second-order valence-electron chi connectivity index (χ2n) is 9.61. The third-order valence-electron chi connectivity index (χ3n) is 6.95. The molecule has 0 aliphatic carbocycles. The SMILES string of the molecule is CCCOC(=O)c1ccc(S(=O)(=O)N(C)C)c(-n2nc(CC)c3c2CC2(CCOCC2)CNC3=O)c1. The van der Waals surface area contributed by atoms with Crippen molar-refractivity contribution in [2.75, 3.05) is 40.5 Å². The molecular weight excluding hydrogens is 484 g/mol. The van der Waals surface area contributed by atoms with Crippen LogP contribution in [0.3, 0.4) is 0 Å². The van der Waals surface area contributed by atoms with Crippen molar-refractivity contribution < 1.29 is 27.5 Å². The van der Waals surface area contributed by atoms with Crippen molar-refractivity contribution in [3.05, 3.63) is 40.7 Å². The minimum atomic E-state index is -3.90. The van der Waals surface area contributed by atoms with Gasteiger partial charge in [-0.25, -0.2) is 22.2 Å². The van der Waals surface area contributed by atoms with Gasteiger partial charge in [-0.3, -0.25) is 4.79 Å². The van der Waals surface area contributed by atoms with Gasteiger partial charge in [0, 0.05) is 33.9 Å². The molecule has 0 bridgehead atoms. The van der Waals surface area contributed by atoms with Gasteiger partial charge in [0.15, 0.2) is 0 Å². The number of rotatable bonds is 7. The number of ether oxygens (including phenoxy) is 2. The molecule has 1 aromatic heterocycles. The largest absolute Gasteiger partial charge is 0.462 e. The van der Waals surface area contributed by atoms with Gasteiger partial charge in [-0.2, -0.15) is 5.10 Å². The van der Waals surface area contributed by atoms with E-state index >= 15 is 0 Å². The molecule has 0 saturated carbocycles. The predicted octanol–water partition coefficient (Wildman–Crippen LogP) is 2.33. The van der Waals surface area contributed by atoms with E-state index in [-0.39, 0.29) is 34.1 Å². The molecule has 196 valence electrons. The van der Waals surface area contributed by atoms with Gasteiger partial charge in [0.1, 0.15) is 4.90 Å². The zero-order valence-corrected chi connectivity index (χ0v) is 22.1. The summed E-state index contributed by atoms with van der Waals surface area (Å²) in [7, 11) is -0.990. The summed E-state index contributed by atoms with van der Waals surface area (Å²) >= 11 is 0. The topological polar surface area (TPSA) is 120 Å². The van der Waals surface area contributed by atoms with E-state index in [2.05, 4.69) is 5.32 Å². The molecule has 1 spiro atoms. The molecule has 2 aliphatic heterocycles. The first-order chi connectivity index (χ1) is 17.1. The van der Waals surface area contributed by atoms with Gasteiger partial charge < -0.3 is 14.8 Å². The maximum absolute atomic E-state index is 13.3. The second-order valence-corrected chi connectivity index (χ2v) is 11.7. The molecule has 1 N–H and O–H groups in total. The number of fused-ring (bicyclic) bond motifs is 1. The Hall–Kier alpha value is -2.76. The maximum atomic E-state index is 13.3. The number of esters is 1. The lowest BCUT2D eigenvalue weighted by Crippen LogP contribution is -2.40. The van der Waals surface area contributed by atoms with Crippen LogP contribution >= 0.6 is 0 Å². The monoisotopic (exact) mass is 518 g/mol. The molecule has 0 atom stereocenters. The van der Waals surface area contributed by atoms with Crippen LogP contribution in [0.15, 0.2) is 23.1 Å². The highest BCUT2D eigenvalue weighted by Gasteiger charge is 2.40. The van der Waals surface area contributed by atoms with E-state index in [1.165, 1.54) is 32.3 Å². The number of aryl methyl sites for hydroxylation is 1. The summed E-state index contributed by atoms with van der Waals surface area (Å²) in [5.74, 6) is -0.758. The van der Waals surface area contributed by atoms with Crippen LogP contribution in [-0.2, 0) is 32.3 Å². The Labute approximate surface area is 212 Å². The van der Waals surface area contributed by atoms with E-state index < -0.39 is 16.0 Å². The van der Waals surface area contributed by atoms with E-state index in [4.69, 9.17) is 14.6 Å². The third kappa shape index (κ3) is 4.79. The van der Waals surface area contributed by atoms with Crippen LogP contribution < -0.4 is 5.32 Å². The molecule has 0 radical (unpaired) electrons. The van der Waals surface area contributed by atoms with Crippen molar-refractivity contribution in [2.24, 2.45) is 5.41 Å². The highest BCUT2D eigenvalue weighted by Crippen LogP contribution is 2.39. The number of carbonyl (C=O) groups is 2. The first kappa shape index (κ1) is 26.3. The van der Waals surface area contributed by atoms with Crippen LogP contribution in [0.4, 0.5) is 0 Å². The average molecular weight is 519 g/mol. The molecule has 10 nitrogen and oxygen atoms in total. The normalized spacial score (nSPS) is 17.5. The Morgan fingerprint density at radius 3 is 2.61 bits per heavy atom. The Bertz CT molecular complexity index is 1260. The lowest BCUT2D eigenvalue weighted by Gasteiger charge is -2.36. The Kier molecular flexibility index (Phi) is 7.53. The highest BCUT2D eigenvalue weighted by molar-refractivity contribution is 7.89. The summed E-state index contributed by atoms with van der Waals surface area (Å²) in [6.45, 7) is 5.77. The average Bonchev–Trinajstić information content (AvgIpc) is 3.17. The van der Waals surface area contributed by atoms with Gasteiger partial charge in [-0.1, -0.05) is 13.8 Å². The minimum absolute atomic E-state index is 0.00169. The van der Waals surface area contributed by atoms with Crippen LogP contribution in [0.1, 0.15) is 65.2 Å². The van der Waals surface area contributed by atoms with Gasteiger partial charge >= 0.3 is 5.97 Å². The second kappa shape index (κ2) is 10.3. The van der Waals surface area contributed by atoms with Crippen LogP contribution in [0.25, 0.3) is 5.69 Å². The molecule has 2 aliphatic rings. The first-order valence-corrected chi connectivity index (χ1v) is 13.8. The van der Waals surface area contributed by atoms with Crippen molar-refractivity contribution in [3.63, 3.8) is 0 Å². The fourth-order valence-corrected chi connectivity index (χ4v) is 5.85. The Morgan fingerprint density at radius 2 is 1.97 bits per heavy atom. The fourth-order valence-electron chi connectivity index (χ4n) is 4.81. The molecule has 3 heterocycles. The zero-order valence-electron chi connectivity index (χ0n) is 21.3. The standard InChI is InChI=1S/C25H34N4O6S/c1-5-11-35-24(31)17-7-8-21(36(32,33)28(3)4)19(14-17)29-20-15-25(9-12-34-13-10-25)16-26-23(30)22(20)18(6-2)27-29/h7-8,14H,5-6,9-13,15-16H2,1-4H3,(H,26,30). The molecule has 4 rings (SSSR count). The number of aromatic nitrogens is 2. The van der Waals surface area contributed by atoms with Crippen molar-refractivity contribution in [1.82, 2.24) is 19.4 Å². The van der Waals surface area contributed by atoms with Crippen molar-refractivity contribution in [3.8, 4) is 5.69 Å². The molecule has 36 heavy (non-hydrogen) atoms. The van der Waals surface area contributed by atoms with E-state index in [1.54, 1.807) is 4.68 Å². The van der Waals surface area contributed by atoms with Crippen LogP contribution in [0.2, 0.25) is 0 Å². The summed E-state index contributed by atoms with van der Waals surface area (Å²) < 4.78 is 40.2. The predicted molar refractivity (Wildman–Crippen MR) is 133 cm³/mol. The van der Waals surface area contributed by atoms with E-state index in [0.29, 0.717) is 56.0 Å². The number of amides is 1. The van der Waals surface area contributed by atoms with Gasteiger partial charge in [0.2, 0.25) is 10.0 Å². The Balaban J connectivity index is 1.95. The molecule has 1 fully saturated rings. The molecule has 2 aromatic rings. The number of carbonyl (C=O) groups excluding carboxylic acids is 2. The van der Waals surface area contributed by atoms with Crippen LogP contribution in [0, 0.1) is 5.41 Å². The molecule has 1 aromatic carbocycles. The number of sulfonamides is 1. The summed E-state index contributed by atoms with van der Waals surface area (Å²) in [6, 6.07) is 4.36. The van der Waals surface area contributed by atoms with Gasteiger partial charge in [0.05, 0.1) is 34.8 Å². The Morgan fingerprint density at radius 1 is 1.25 bits per heavy atom. The van der Waals surface area contributed by atoms with E-state index in [0.717, 1.165) is 17.1 Å². The lowest BCUT2D eigenvalue weighted by atomic mass is 9.76. The summed E-state index contributed by atoms with van der Waals surface area (Å²) in [6.07, 6.45) is 3.23. The van der Waals surface area contributed by atoms with Crippen LogP contribution in [-0.4, -0.2) is 74.8 Å². The zero-order chi connectivity index (χ0) is 26.1. The van der Waals surface area contributed by atoms with Gasteiger partial charge in [0.25, 0.3) is 5.91 Å². The minimum Gasteiger partial charge on any atom is -0.462 e. The number of hydrogen-bond donors (Lipinski definition) is 1. The summed E-state index contributed by atoms with van der Waals surface area (Å²) in [5, 5.41) is 7.80. The lowest BCUT2D eigenvalue weighted by molar-refractivity contribution is 0.0154. The molecule has 1 saturated heterocycles. The van der Waals surface area contributed by atoms with Crippen molar-refractivity contribution in [1.29, 1.82) is 0 Å². The molecule has 0 unspecified atom stereocenters. The fraction of sp³-hybridized carbons (Fsp3) is 0.560. The van der Waals surface area contributed by atoms with Gasteiger partial charge in [-0.05, 0) is 55.7 Å². The molecule has 1 amide bonds. The quantitative estimate of drug-likeness (QED) is 0.559. The number of hydrogen-bond acceptors (Lipinski definition) is 7. The smallest absolute Gasteiger partial charge is 0.338 e.